The lowest BCUT2D eigenvalue weighted by Gasteiger charge is -2.15. The molecule has 0 aromatic heterocycles. The third-order valence-electron chi connectivity index (χ3n) is 2.54. The van der Waals surface area contributed by atoms with Crippen LogP contribution in [0.4, 0.5) is 0 Å². The number of ether oxygens (including phenoxy) is 2. The molecule has 0 saturated carbocycles. The van der Waals surface area contributed by atoms with Crippen LogP contribution in [0.2, 0.25) is 0 Å². The number of nitrogens with zero attached hydrogens (tertiary/aromatic N) is 1. The molecule has 0 atom stereocenters. The van der Waals surface area contributed by atoms with Gasteiger partial charge >= 0.3 is 0 Å². The van der Waals surface area contributed by atoms with Gasteiger partial charge < -0.3 is 9.47 Å². The van der Waals surface area contributed by atoms with Crippen molar-refractivity contribution < 1.29 is 14.3 Å². The van der Waals surface area contributed by atoms with E-state index in [1.54, 1.807) is 6.21 Å². The molecule has 1 N–H and O–H groups in total. The number of hydrazone groups is 1. The van der Waals surface area contributed by atoms with E-state index in [0.717, 1.165) is 16.9 Å². The zero-order chi connectivity index (χ0) is 15.7. The summed E-state index contributed by atoms with van der Waals surface area (Å²) in [4.78, 5) is 10.8. The van der Waals surface area contributed by atoms with Crippen LogP contribution >= 0.6 is 0 Å². The Morgan fingerprint density at radius 2 is 2.05 bits per heavy atom. The molecule has 1 aromatic rings. The maximum atomic E-state index is 10.8. The average Bonchev–Trinajstić information content (AvgIpc) is 2.42. The Kier molecular flexibility index (Phi) is 7.01. The number of hydrogen-bond acceptors (Lipinski definition) is 4. The van der Waals surface area contributed by atoms with Crippen molar-refractivity contribution in [2.75, 3.05) is 13.2 Å². The van der Waals surface area contributed by atoms with Gasteiger partial charge in [-0.2, -0.15) is 5.10 Å². The summed E-state index contributed by atoms with van der Waals surface area (Å²) in [5.74, 6) is 1.19. The van der Waals surface area contributed by atoms with E-state index in [1.807, 2.05) is 32.1 Å². The average molecular weight is 290 g/mol. The lowest BCUT2D eigenvalue weighted by molar-refractivity contribution is -0.118. The van der Waals surface area contributed by atoms with E-state index >= 15 is 0 Å². The Labute approximate surface area is 125 Å². The third-order valence-corrected chi connectivity index (χ3v) is 2.54. The van der Waals surface area contributed by atoms with E-state index in [0.29, 0.717) is 25.4 Å². The molecule has 0 aliphatic carbocycles. The maximum absolute atomic E-state index is 10.8. The highest BCUT2D eigenvalue weighted by Crippen LogP contribution is 2.33. The summed E-state index contributed by atoms with van der Waals surface area (Å²) in [6.07, 6.45) is 4.05. The molecule has 0 unspecified atom stereocenters. The molecule has 1 aromatic carbocycles. The van der Waals surface area contributed by atoms with E-state index in [1.165, 1.54) is 6.92 Å². The van der Waals surface area contributed by atoms with Gasteiger partial charge in [0.25, 0.3) is 0 Å². The van der Waals surface area contributed by atoms with Crippen LogP contribution in [0.15, 0.2) is 29.9 Å². The van der Waals surface area contributed by atoms with Crippen molar-refractivity contribution in [3.8, 4) is 11.5 Å². The Bertz CT molecular complexity index is 524. The normalized spacial score (nSPS) is 10.4. The first-order chi connectivity index (χ1) is 10.1. The minimum Gasteiger partial charge on any atom is -0.490 e. The van der Waals surface area contributed by atoms with E-state index < -0.39 is 0 Å². The number of amides is 1. The van der Waals surface area contributed by atoms with Crippen LogP contribution in [-0.2, 0) is 11.2 Å². The van der Waals surface area contributed by atoms with Gasteiger partial charge in [0, 0.05) is 12.5 Å². The van der Waals surface area contributed by atoms with E-state index in [2.05, 4.69) is 17.1 Å². The van der Waals surface area contributed by atoms with Gasteiger partial charge in [-0.3, -0.25) is 4.79 Å². The maximum Gasteiger partial charge on any atom is 0.236 e. The van der Waals surface area contributed by atoms with Crippen LogP contribution in [0.1, 0.15) is 31.9 Å². The first kappa shape index (κ1) is 16.8. The van der Waals surface area contributed by atoms with Gasteiger partial charge in [0.05, 0.1) is 19.4 Å². The standard InChI is InChI=1S/C16H22N2O3/c1-5-8-14-9-13(11-17-18-12(4)19)10-15(20-6-2)16(14)21-7-3/h5,9-11H,1,6-8H2,2-4H3,(H,18,19)/b17-11-. The molecule has 0 saturated heterocycles. The van der Waals surface area contributed by atoms with Crippen LogP contribution in [0.5, 0.6) is 11.5 Å². The predicted octanol–water partition coefficient (Wildman–Crippen LogP) is 2.68. The Morgan fingerprint density at radius 1 is 1.33 bits per heavy atom. The molecule has 0 spiro atoms. The predicted molar refractivity (Wildman–Crippen MR) is 84.1 cm³/mol. The van der Waals surface area contributed by atoms with Crippen molar-refractivity contribution in [3.63, 3.8) is 0 Å². The van der Waals surface area contributed by atoms with Crippen LogP contribution < -0.4 is 14.9 Å². The number of rotatable bonds is 8. The lowest BCUT2D eigenvalue weighted by Crippen LogP contribution is -2.12. The quantitative estimate of drug-likeness (QED) is 0.455. The van der Waals surface area contributed by atoms with Crippen LogP contribution in [0.3, 0.4) is 0 Å². The smallest absolute Gasteiger partial charge is 0.236 e. The zero-order valence-corrected chi connectivity index (χ0v) is 12.8. The summed E-state index contributed by atoms with van der Waals surface area (Å²) in [5.41, 5.74) is 4.18. The first-order valence-electron chi connectivity index (χ1n) is 6.95. The summed E-state index contributed by atoms with van der Waals surface area (Å²) in [5, 5.41) is 3.87. The molecule has 0 heterocycles. The number of allylic oxidation sites excluding steroid dienone is 1. The van der Waals surface area contributed by atoms with Crippen molar-refractivity contribution >= 4 is 12.1 Å². The highest BCUT2D eigenvalue weighted by atomic mass is 16.5. The number of carbonyl (C=O) groups excluding carboxylic acids is 1. The van der Waals surface area contributed by atoms with Gasteiger partial charge in [-0.1, -0.05) is 6.08 Å². The second-order valence-electron chi connectivity index (χ2n) is 4.29. The monoisotopic (exact) mass is 290 g/mol. The third kappa shape index (κ3) is 5.30. The second kappa shape index (κ2) is 8.79. The van der Waals surface area contributed by atoms with E-state index in [4.69, 9.17) is 9.47 Å². The van der Waals surface area contributed by atoms with Crippen molar-refractivity contribution in [2.24, 2.45) is 5.10 Å². The number of carbonyl (C=O) groups is 1. The Balaban J connectivity index is 3.17. The molecule has 21 heavy (non-hydrogen) atoms. The van der Waals surface area contributed by atoms with E-state index in [-0.39, 0.29) is 5.91 Å². The summed E-state index contributed by atoms with van der Waals surface area (Å²) in [6.45, 7) is 10.1. The molecule has 5 nitrogen and oxygen atoms in total. The fourth-order valence-corrected chi connectivity index (χ4v) is 1.83. The fourth-order valence-electron chi connectivity index (χ4n) is 1.83. The van der Waals surface area contributed by atoms with Gasteiger partial charge in [0.15, 0.2) is 11.5 Å². The van der Waals surface area contributed by atoms with Crippen molar-refractivity contribution in [1.82, 2.24) is 5.43 Å². The molecule has 0 aliphatic heterocycles. The Hall–Kier alpha value is -2.30. The van der Waals surface area contributed by atoms with Crippen LogP contribution in [-0.4, -0.2) is 25.3 Å². The number of benzene rings is 1. The molecule has 0 bridgehead atoms. The van der Waals surface area contributed by atoms with Gasteiger partial charge in [0.2, 0.25) is 5.91 Å². The summed E-state index contributed by atoms with van der Waals surface area (Å²) < 4.78 is 11.3. The van der Waals surface area contributed by atoms with Crippen LogP contribution in [0, 0.1) is 0 Å². The first-order valence-corrected chi connectivity index (χ1v) is 6.95. The summed E-state index contributed by atoms with van der Waals surface area (Å²) >= 11 is 0. The van der Waals surface area contributed by atoms with Crippen molar-refractivity contribution in [1.29, 1.82) is 0 Å². The topological polar surface area (TPSA) is 59.9 Å². The SMILES string of the molecule is C=CCc1cc(/C=N\NC(C)=O)cc(OCC)c1OCC. The van der Waals surface area contributed by atoms with Crippen LogP contribution in [0.25, 0.3) is 0 Å². The van der Waals surface area contributed by atoms with E-state index in [9.17, 15) is 4.79 Å². The molecule has 0 aliphatic rings. The Morgan fingerprint density at radius 3 is 2.62 bits per heavy atom. The second-order valence-corrected chi connectivity index (χ2v) is 4.29. The lowest BCUT2D eigenvalue weighted by atomic mass is 10.1. The molecule has 1 amide bonds. The summed E-state index contributed by atoms with van der Waals surface area (Å²) in [7, 11) is 0. The minimum absolute atomic E-state index is 0.214. The largest absolute Gasteiger partial charge is 0.490 e. The molecule has 114 valence electrons. The van der Waals surface area contributed by atoms with Crippen molar-refractivity contribution in [3.05, 3.63) is 35.9 Å². The van der Waals surface area contributed by atoms with Gasteiger partial charge in [-0.25, -0.2) is 5.43 Å². The molecule has 1 rings (SSSR count). The highest BCUT2D eigenvalue weighted by molar-refractivity contribution is 5.83. The molecular formula is C16H22N2O3. The van der Waals surface area contributed by atoms with Crippen molar-refractivity contribution in [2.45, 2.75) is 27.2 Å². The highest BCUT2D eigenvalue weighted by Gasteiger charge is 2.12. The number of hydrogen-bond donors (Lipinski definition) is 1. The molecule has 5 heteroatoms. The summed E-state index contributed by atoms with van der Waals surface area (Å²) in [6, 6.07) is 3.78. The molecule has 0 fully saturated rings. The molecular weight excluding hydrogens is 268 g/mol. The van der Waals surface area contributed by atoms with Gasteiger partial charge in [-0.15, -0.1) is 6.58 Å². The van der Waals surface area contributed by atoms with Gasteiger partial charge in [-0.05, 0) is 38.0 Å². The minimum atomic E-state index is -0.214. The number of nitrogens with one attached hydrogen (secondary N) is 1. The van der Waals surface area contributed by atoms with Gasteiger partial charge in [0.1, 0.15) is 0 Å². The zero-order valence-electron chi connectivity index (χ0n) is 12.8. The molecule has 0 radical (unpaired) electrons. The fraction of sp³-hybridized carbons (Fsp3) is 0.375.